The molecule has 1 aliphatic heterocycles. The van der Waals surface area contributed by atoms with Crippen molar-refractivity contribution in [1.82, 2.24) is 4.90 Å². The van der Waals surface area contributed by atoms with Gasteiger partial charge in [-0.2, -0.15) is 0 Å². The molecule has 0 aromatic heterocycles. The second-order valence-corrected chi connectivity index (χ2v) is 8.81. The van der Waals surface area contributed by atoms with Crippen LogP contribution in [0.5, 0.6) is 0 Å². The molecule has 1 saturated heterocycles. The van der Waals surface area contributed by atoms with Gasteiger partial charge in [-0.15, -0.1) is 0 Å². The van der Waals surface area contributed by atoms with Crippen molar-refractivity contribution in [2.24, 2.45) is 0 Å². The van der Waals surface area contributed by atoms with Crippen molar-refractivity contribution in [3.05, 3.63) is 60.2 Å². The minimum atomic E-state index is -3.78. The molecule has 30 heavy (non-hydrogen) atoms. The van der Waals surface area contributed by atoms with E-state index >= 15 is 0 Å². The molecule has 0 saturated carbocycles. The van der Waals surface area contributed by atoms with E-state index in [-0.39, 0.29) is 34.3 Å². The van der Waals surface area contributed by atoms with Crippen molar-refractivity contribution in [3.63, 3.8) is 0 Å². The lowest BCUT2D eigenvalue weighted by molar-refractivity contribution is -0.146. The first-order valence-corrected chi connectivity index (χ1v) is 11.0. The number of sulfonamides is 1. The molecule has 0 radical (unpaired) electrons. The number of hydrogen-bond acceptors (Lipinski definition) is 6. The minimum absolute atomic E-state index is 0.0808. The highest BCUT2D eigenvalue weighted by Gasteiger charge is 2.26. The molecule has 0 bridgehead atoms. The lowest BCUT2D eigenvalue weighted by Gasteiger charge is -2.35. The number of nitrogens with one attached hydrogen (secondary N) is 1. The number of anilines is 1. The summed E-state index contributed by atoms with van der Waals surface area (Å²) in [4.78, 5) is 26.4. The SMILES string of the molecule is C[C@H]1CN(C(=O)COC(=O)c2cccc(NS(=O)(=O)c3ccccc3)c2)C[C@H](C)O1. The van der Waals surface area contributed by atoms with Crippen LogP contribution >= 0.6 is 0 Å². The van der Waals surface area contributed by atoms with Crippen LogP contribution in [0.4, 0.5) is 5.69 Å². The van der Waals surface area contributed by atoms with Gasteiger partial charge in [0.15, 0.2) is 6.61 Å². The minimum Gasteiger partial charge on any atom is -0.452 e. The van der Waals surface area contributed by atoms with Crippen LogP contribution in [-0.2, 0) is 24.3 Å². The van der Waals surface area contributed by atoms with Crippen LogP contribution in [0.2, 0.25) is 0 Å². The molecule has 1 heterocycles. The molecule has 0 spiro atoms. The van der Waals surface area contributed by atoms with E-state index in [0.717, 1.165) is 0 Å². The molecule has 2 aromatic rings. The highest BCUT2D eigenvalue weighted by atomic mass is 32.2. The largest absolute Gasteiger partial charge is 0.452 e. The fourth-order valence-electron chi connectivity index (χ4n) is 3.21. The van der Waals surface area contributed by atoms with Crippen molar-refractivity contribution in [1.29, 1.82) is 0 Å². The van der Waals surface area contributed by atoms with Gasteiger partial charge in [0.05, 0.1) is 22.7 Å². The lowest BCUT2D eigenvalue weighted by atomic mass is 10.2. The van der Waals surface area contributed by atoms with E-state index in [1.807, 2.05) is 13.8 Å². The maximum absolute atomic E-state index is 12.4. The molecular formula is C21H24N2O6S. The van der Waals surface area contributed by atoms with Crippen LogP contribution in [0.1, 0.15) is 24.2 Å². The van der Waals surface area contributed by atoms with Crippen LogP contribution in [0.25, 0.3) is 0 Å². The maximum Gasteiger partial charge on any atom is 0.338 e. The number of nitrogens with zero attached hydrogens (tertiary/aromatic N) is 1. The van der Waals surface area contributed by atoms with Gasteiger partial charge < -0.3 is 14.4 Å². The van der Waals surface area contributed by atoms with Gasteiger partial charge >= 0.3 is 5.97 Å². The zero-order valence-electron chi connectivity index (χ0n) is 16.8. The number of benzene rings is 2. The number of carbonyl (C=O) groups excluding carboxylic acids is 2. The summed E-state index contributed by atoms with van der Waals surface area (Å²) in [6.07, 6.45) is -0.162. The highest BCUT2D eigenvalue weighted by molar-refractivity contribution is 7.92. The van der Waals surface area contributed by atoms with Crippen LogP contribution in [0, 0.1) is 0 Å². The van der Waals surface area contributed by atoms with Gasteiger partial charge in [-0.25, -0.2) is 13.2 Å². The molecule has 2 atom stereocenters. The van der Waals surface area contributed by atoms with Crippen LogP contribution in [0.15, 0.2) is 59.5 Å². The number of carbonyl (C=O) groups is 2. The molecule has 0 unspecified atom stereocenters. The van der Waals surface area contributed by atoms with Crippen molar-refractivity contribution < 1.29 is 27.5 Å². The van der Waals surface area contributed by atoms with Crippen molar-refractivity contribution >= 4 is 27.6 Å². The monoisotopic (exact) mass is 432 g/mol. The summed E-state index contributed by atoms with van der Waals surface area (Å²) < 4.78 is 38.0. The third kappa shape index (κ3) is 5.58. The number of morpholine rings is 1. The summed E-state index contributed by atoms with van der Waals surface area (Å²) in [6, 6.07) is 13.8. The van der Waals surface area contributed by atoms with E-state index in [1.54, 1.807) is 23.1 Å². The average Bonchev–Trinajstić information content (AvgIpc) is 2.71. The first kappa shape index (κ1) is 21.8. The number of esters is 1. The van der Waals surface area contributed by atoms with E-state index in [1.165, 1.54) is 36.4 Å². The summed E-state index contributed by atoms with van der Waals surface area (Å²) in [5, 5.41) is 0. The van der Waals surface area contributed by atoms with Gasteiger partial charge in [0.1, 0.15) is 0 Å². The lowest BCUT2D eigenvalue weighted by Crippen LogP contribution is -2.49. The maximum atomic E-state index is 12.4. The quantitative estimate of drug-likeness (QED) is 0.703. The Morgan fingerprint density at radius 3 is 2.40 bits per heavy atom. The average molecular weight is 432 g/mol. The third-order valence-corrected chi connectivity index (χ3v) is 5.90. The van der Waals surface area contributed by atoms with Gasteiger partial charge in [0.25, 0.3) is 15.9 Å². The topological polar surface area (TPSA) is 102 Å². The Morgan fingerprint density at radius 2 is 1.73 bits per heavy atom. The molecule has 9 heteroatoms. The summed E-state index contributed by atoms with van der Waals surface area (Å²) in [5.41, 5.74) is 0.357. The smallest absolute Gasteiger partial charge is 0.338 e. The second kappa shape index (κ2) is 9.27. The molecule has 160 valence electrons. The molecule has 2 aromatic carbocycles. The summed E-state index contributed by atoms with van der Waals surface area (Å²) in [6.45, 7) is 4.25. The van der Waals surface area contributed by atoms with Crippen molar-refractivity contribution in [2.75, 3.05) is 24.4 Å². The Labute approximate surface area is 175 Å². The summed E-state index contributed by atoms with van der Waals surface area (Å²) in [5.74, 6) is -1.01. The van der Waals surface area contributed by atoms with E-state index in [2.05, 4.69) is 4.72 Å². The molecule has 1 amide bonds. The van der Waals surface area contributed by atoms with E-state index < -0.39 is 22.6 Å². The molecule has 1 fully saturated rings. The number of amides is 1. The zero-order valence-corrected chi connectivity index (χ0v) is 17.6. The Hall–Kier alpha value is -2.91. The van der Waals surface area contributed by atoms with E-state index in [0.29, 0.717) is 13.1 Å². The molecule has 1 N–H and O–H groups in total. The Morgan fingerprint density at radius 1 is 1.07 bits per heavy atom. The summed E-state index contributed by atoms with van der Waals surface area (Å²) in [7, 11) is -3.78. The Kier molecular flexibility index (Phi) is 6.73. The fourth-order valence-corrected chi connectivity index (χ4v) is 4.28. The number of rotatable bonds is 6. The predicted molar refractivity (Wildman–Crippen MR) is 111 cm³/mol. The predicted octanol–water partition coefficient (Wildman–Crippen LogP) is 2.28. The second-order valence-electron chi connectivity index (χ2n) is 7.13. The van der Waals surface area contributed by atoms with Crippen LogP contribution in [-0.4, -0.2) is 57.1 Å². The summed E-state index contributed by atoms with van der Waals surface area (Å²) >= 11 is 0. The first-order valence-electron chi connectivity index (χ1n) is 9.53. The number of hydrogen-bond donors (Lipinski definition) is 1. The van der Waals surface area contributed by atoms with Gasteiger partial charge in [0.2, 0.25) is 0 Å². The molecule has 0 aliphatic carbocycles. The molecule has 1 aliphatic rings. The fraction of sp³-hybridized carbons (Fsp3) is 0.333. The van der Waals surface area contributed by atoms with Gasteiger partial charge in [-0.1, -0.05) is 24.3 Å². The zero-order chi connectivity index (χ0) is 21.7. The highest BCUT2D eigenvalue weighted by Crippen LogP contribution is 2.18. The van der Waals surface area contributed by atoms with Gasteiger partial charge in [-0.3, -0.25) is 9.52 Å². The number of ether oxygens (including phenoxy) is 2. The molecular weight excluding hydrogens is 408 g/mol. The Balaban J connectivity index is 1.61. The van der Waals surface area contributed by atoms with Gasteiger partial charge in [0, 0.05) is 18.8 Å². The molecule has 3 rings (SSSR count). The van der Waals surface area contributed by atoms with Crippen molar-refractivity contribution in [3.8, 4) is 0 Å². The van der Waals surface area contributed by atoms with E-state index in [4.69, 9.17) is 9.47 Å². The van der Waals surface area contributed by atoms with Crippen LogP contribution < -0.4 is 4.72 Å². The van der Waals surface area contributed by atoms with Crippen LogP contribution in [0.3, 0.4) is 0 Å². The van der Waals surface area contributed by atoms with Gasteiger partial charge in [-0.05, 0) is 44.2 Å². The van der Waals surface area contributed by atoms with E-state index in [9.17, 15) is 18.0 Å². The first-order chi connectivity index (χ1) is 14.2. The molecule has 8 nitrogen and oxygen atoms in total. The normalized spacial score (nSPS) is 19.2. The Bertz CT molecular complexity index is 999. The third-order valence-electron chi connectivity index (χ3n) is 4.50. The van der Waals surface area contributed by atoms with Crippen molar-refractivity contribution in [2.45, 2.75) is 31.0 Å². The standard InChI is InChI=1S/C21H24N2O6S/c1-15-12-23(13-16(2)29-15)20(24)14-28-21(25)17-7-6-8-18(11-17)22-30(26,27)19-9-4-3-5-10-19/h3-11,15-16,22H,12-14H2,1-2H3/t15-,16-/m0/s1.